The summed E-state index contributed by atoms with van der Waals surface area (Å²) < 4.78 is 14.6. The molecule has 0 bridgehead atoms. The van der Waals surface area contributed by atoms with Crippen LogP contribution in [-0.2, 0) is 6.42 Å². The standard InChI is InChI=1S/C13H17BrFNO/c1-8(7-17)6-16-12-5-2-9-11(15)4-3-10(14)13(9)12/h3-4,8,12,16-17H,2,5-7H2,1H3. The Morgan fingerprint density at radius 2 is 2.35 bits per heavy atom. The van der Waals surface area contributed by atoms with Gasteiger partial charge in [0, 0.05) is 23.7 Å². The first kappa shape index (κ1) is 13.0. The number of rotatable bonds is 4. The summed E-state index contributed by atoms with van der Waals surface area (Å²) in [7, 11) is 0. The van der Waals surface area contributed by atoms with Gasteiger partial charge in [-0.25, -0.2) is 4.39 Å². The molecule has 94 valence electrons. The minimum absolute atomic E-state index is 0.109. The summed E-state index contributed by atoms with van der Waals surface area (Å²) in [6.07, 6.45) is 1.71. The Labute approximate surface area is 109 Å². The molecule has 1 aromatic carbocycles. The van der Waals surface area contributed by atoms with Gasteiger partial charge < -0.3 is 10.4 Å². The summed E-state index contributed by atoms with van der Waals surface area (Å²) in [5, 5.41) is 12.4. The van der Waals surface area contributed by atoms with Gasteiger partial charge in [-0.05, 0) is 42.0 Å². The summed E-state index contributed by atoms with van der Waals surface area (Å²) in [4.78, 5) is 0. The molecule has 0 aromatic heterocycles. The van der Waals surface area contributed by atoms with Gasteiger partial charge in [-0.2, -0.15) is 0 Å². The van der Waals surface area contributed by atoms with Crippen LogP contribution < -0.4 is 5.32 Å². The van der Waals surface area contributed by atoms with Crippen molar-refractivity contribution in [2.45, 2.75) is 25.8 Å². The first-order chi connectivity index (χ1) is 8.13. The number of nitrogens with one attached hydrogen (secondary N) is 1. The predicted octanol–water partition coefficient (Wildman–Crippen LogP) is 2.79. The molecule has 0 saturated heterocycles. The molecular formula is C13H17BrFNO. The van der Waals surface area contributed by atoms with Crippen LogP contribution in [-0.4, -0.2) is 18.3 Å². The molecule has 17 heavy (non-hydrogen) atoms. The summed E-state index contributed by atoms with van der Waals surface area (Å²) in [6, 6.07) is 3.48. The van der Waals surface area contributed by atoms with E-state index in [2.05, 4.69) is 21.2 Å². The van der Waals surface area contributed by atoms with Gasteiger partial charge in [-0.3, -0.25) is 0 Å². The molecule has 1 aromatic rings. The van der Waals surface area contributed by atoms with E-state index in [1.165, 1.54) is 6.07 Å². The van der Waals surface area contributed by atoms with Crippen LogP contribution in [0.5, 0.6) is 0 Å². The lowest BCUT2D eigenvalue weighted by Crippen LogP contribution is -2.26. The number of aliphatic hydroxyl groups excluding tert-OH is 1. The van der Waals surface area contributed by atoms with Crippen molar-refractivity contribution in [2.75, 3.05) is 13.2 Å². The summed E-state index contributed by atoms with van der Waals surface area (Å²) in [5.74, 6) is 0.120. The lowest BCUT2D eigenvalue weighted by Gasteiger charge is -2.18. The van der Waals surface area contributed by atoms with Crippen molar-refractivity contribution in [3.05, 3.63) is 33.5 Å². The monoisotopic (exact) mass is 301 g/mol. The van der Waals surface area contributed by atoms with Crippen LogP contribution in [0.4, 0.5) is 4.39 Å². The fourth-order valence-corrected chi connectivity index (χ4v) is 2.93. The number of halogens is 2. The molecule has 2 rings (SSSR count). The Bertz CT molecular complexity index is 411. The zero-order valence-corrected chi connectivity index (χ0v) is 11.4. The minimum atomic E-state index is -0.109. The van der Waals surface area contributed by atoms with Gasteiger partial charge in [0.1, 0.15) is 5.82 Å². The van der Waals surface area contributed by atoms with Crippen LogP contribution in [0.15, 0.2) is 16.6 Å². The average Bonchev–Trinajstić information content (AvgIpc) is 2.76. The maximum absolute atomic E-state index is 13.6. The molecule has 0 saturated carbocycles. The van der Waals surface area contributed by atoms with Gasteiger partial charge in [-0.15, -0.1) is 0 Å². The van der Waals surface area contributed by atoms with E-state index >= 15 is 0 Å². The highest BCUT2D eigenvalue weighted by molar-refractivity contribution is 9.10. The van der Waals surface area contributed by atoms with E-state index in [4.69, 9.17) is 5.11 Å². The van der Waals surface area contributed by atoms with Crippen LogP contribution >= 0.6 is 15.9 Å². The SMILES string of the molecule is CC(CO)CNC1CCc2c(F)ccc(Br)c21. The molecule has 2 N–H and O–H groups in total. The highest BCUT2D eigenvalue weighted by Gasteiger charge is 2.27. The fourth-order valence-electron chi connectivity index (χ4n) is 2.29. The zero-order chi connectivity index (χ0) is 12.4. The third-order valence-electron chi connectivity index (χ3n) is 3.30. The molecule has 0 amide bonds. The van der Waals surface area contributed by atoms with Crippen molar-refractivity contribution in [3.8, 4) is 0 Å². The lowest BCUT2D eigenvalue weighted by atomic mass is 10.1. The van der Waals surface area contributed by atoms with Gasteiger partial charge >= 0.3 is 0 Å². The number of benzene rings is 1. The maximum atomic E-state index is 13.6. The first-order valence-electron chi connectivity index (χ1n) is 5.94. The molecule has 1 aliphatic carbocycles. The molecule has 0 heterocycles. The fraction of sp³-hybridized carbons (Fsp3) is 0.538. The van der Waals surface area contributed by atoms with E-state index in [1.54, 1.807) is 6.07 Å². The van der Waals surface area contributed by atoms with Crippen LogP contribution in [0.1, 0.15) is 30.5 Å². The number of hydrogen-bond donors (Lipinski definition) is 2. The molecule has 0 spiro atoms. The Hall–Kier alpha value is -0.450. The van der Waals surface area contributed by atoms with Gasteiger partial charge in [0.25, 0.3) is 0 Å². The second kappa shape index (κ2) is 5.46. The van der Waals surface area contributed by atoms with E-state index in [1.807, 2.05) is 6.92 Å². The van der Waals surface area contributed by atoms with Gasteiger partial charge in [-0.1, -0.05) is 22.9 Å². The topological polar surface area (TPSA) is 32.3 Å². The van der Waals surface area contributed by atoms with Crippen LogP contribution in [0.3, 0.4) is 0 Å². The number of fused-ring (bicyclic) bond motifs is 1. The largest absolute Gasteiger partial charge is 0.396 e. The molecule has 4 heteroatoms. The van der Waals surface area contributed by atoms with Gasteiger partial charge in [0.05, 0.1) is 0 Å². The first-order valence-corrected chi connectivity index (χ1v) is 6.73. The van der Waals surface area contributed by atoms with Crippen LogP contribution in [0.2, 0.25) is 0 Å². The van der Waals surface area contributed by atoms with Crippen molar-refractivity contribution in [3.63, 3.8) is 0 Å². The third kappa shape index (κ3) is 2.69. The Morgan fingerprint density at radius 3 is 3.06 bits per heavy atom. The van der Waals surface area contributed by atoms with E-state index in [-0.39, 0.29) is 24.4 Å². The smallest absolute Gasteiger partial charge is 0.126 e. The summed E-state index contributed by atoms with van der Waals surface area (Å²) >= 11 is 3.49. The van der Waals surface area contributed by atoms with Crippen molar-refractivity contribution < 1.29 is 9.50 Å². The predicted molar refractivity (Wildman–Crippen MR) is 69.4 cm³/mol. The van der Waals surface area contributed by atoms with E-state index in [9.17, 15) is 4.39 Å². The molecule has 2 atom stereocenters. The number of aliphatic hydroxyl groups is 1. The molecule has 0 aliphatic heterocycles. The average molecular weight is 302 g/mol. The van der Waals surface area contributed by atoms with Gasteiger partial charge in [0.15, 0.2) is 0 Å². The van der Waals surface area contributed by atoms with E-state index in [0.29, 0.717) is 0 Å². The van der Waals surface area contributed by atoms with Crippen LogP contribution in [0.25, 0.3) is 0 Å². The van der Waals surface area contributed by atoms with Crippen molar-refractivity contribution in [2.24, 2.45) is 5.92 Å². The Balaban J connectivity index is 2.13. The van der Waals surface area contributed by atoms with Gasteiger partial charge in [0.2, 0.25) is 0 Å². The molecule has 2 unspecified atom stereocenters. The molecule has 1 aliphatic rings. The van der Waals surface area contributed by atoms with Crippen LogP contribution in [0, 0.1) is 11.7 Å². The second-order valence-electron chi connectivity index (χ2n) is 4.71. The Morgan fingerprint density at radius 1 is 1.59 bits per heavy atom. The van der Waals surface area contributed by atoms with Crippen molar-refractivity contribution in [1.82, 2.24) is 5.32 Å². The minimum Gasteiger partial charge on any atom is -0.396 e. The highest BCUT2D eigenvalue weighted by atomic mass is 79.9. The Kier molecular flexibility index (Phi) is 4.17. The number of hydrogen-bond acceptors (Lipinski definition) is 2. The third-order valence-corrected chi connectivity index (χ3v) is 3.99. The molecule has 0 fully saturated rings. The molecule has 0 radical (unpaired) electrons. The lowest BCUT2D eigenvalue weighted by molar-refractivity contribution is 0.230. The van der Waals surface area contributed by atoms with E-state index < -0.39 is 0 Å². The zero-order valence-electron chi connectivity index (χ0n) is 9.84. The normalized spacial score (nSPS) is 20.4. The summed E-state index contributed by atoms with van der Waals surface area (Å²) in [5.41, 5.74) is 1.88. The van der Waals surface area contributed by atoms with Crippen molar-refractivity contribution in [1.29, 1.82) is 0 Å². The van der Waals surface area contributed by atoms with E-state index in [0.717, 1.165) is 35.0 Å². The highest BCUT2D eigenvalue weighted by Crippen LogP contribution is 2.37. The summed E-state index contributed by atoms with van der Waals surface area (Å²) in [6.45, 7) is 2.92. The second-order valence-corrected chi connectivity index (χ2v) is 5.56. The molecule has 2 nitrogen and oxygen atoms in total. The van der Waals surface area contributed by atoms with Crippen molar-refractivity contribution >= 4 is 15.9 Å². The maximum Gasteiger partial charge on any atom is 0.126 e. The quantitative estimate of drug-likeness (QED) is 0.896. The molecular weight excluding hydrogens is 285 g/mol.